The van der Waals surface area contributed by atoms with Gasteiger partial charge in [0.05, 0.1) is 19.8 Å². The Labute approximate surface area is 126 Å². The minimum Gasteiger partial charge on any atom is -0.490 e. The lowest BCUT2D eigenvalue weighted by molar-refractivity contribution is 0.0967. The van der Waals surface area contributed by atoms with Crippen molar-refractivity contribution < 1.29 is 19.3 Å². The van der Waals surface area contributed by atoms with Crippen LogP contribution in [-0.2, 0) is 11.3 Å². The fourth-order valence-electron chi connectivity index (χ4n) is 2.48. The number of aliphatic hydroxyl groups excluding tert-OH is 1. The zero-order valence-electron chi connectivity index (χ0n) is 12.9. The molecule has 1 heterocycles. The Morgan fingerprint density at radius 3 is 2.90 bits per heavy atom. The van der Waals surface area contributed by atoms with Gasteiger partial charge >= 0.3 is 0 Å². The van der Waals surface area contributed by atoms with Crippen molar-refractivity contribution in [1.82, 2.24) is 5.32 Å². The topological polar surface area (TPSA) is 60.0 Å². The van der Waals surface area contributed by atoms with E-state index in [2.05, 4.69) is 5.32 Å². The predicted molar refractivity (Wildman–Crippen MR) is 80.9 cm³/mol. The third-order valence-corrected chi connectivity index (χ3v) is 3.69. The summed E-state index contributed by atoms with van der Waals surface area (Å²) in [4.78, 5) is 0. The van der Waals surface area contributed by atoms with Gasteiger partial charge in [-0.15, -0.1) is 0 Å². The molecule has 5 heteroatoms. The minimum absolute atomic E-state index is 0.124. The van der Waals surface area contributed by atoms with E-state index in [1.54, 1.807) is 7.11 Å². The average molecular weight is 295 g/mol. The van der Waals surface area contributed by atoms with Gasteiger partial charge in [0.1, 0.15) is 0 Å². The molecule has 0 aromatic heterocycles. The van der Waals surface area contributed by atoms with Crippen LogP contribution >= 0.6 is 0 Å². The largest absolute Gasteiger partial charge is 0.490 e. The summed E-state index contributed by atoms with van der Waals surface area (Å²) in [7, 11) is 1.67. The molecule has 0 saturated heterocycles. The highest BCUT2D eigenvalue weighted by Crippen LogP contribution is 2.33. The van der Waals surface area contributed by atoms with Crippen molar-refractivity contribution >= 4 is 0 Å². The molecule has 1 aliphatic rings. The third-order valence-electron chi connectivity index (χ3n) is 3.69. The molecule has 1 aromatic rings. The molecule has 0 amide bonds. The molecule has 1 aliphatic heterocycles. The van der Waals surface area contributed by atoms with Crippen molar-refractivity contribution in [2.45, 2.75) is 31.8 Å². The molecular weight excluding hydrogens is 270 g/mol. The molecule has 0 fully saturated rings. The van der Waals surface area contributed by atoms with E-state index in [-0.39, 0.29) is 12.1 Å². The highest BCUT2D eigenvalue weighted by molar-refractivity contribution is 5.47. The van der Waals surface area contributed by atoms with Gasteiger partial charge < -0.3 is 24.6 Å². The Kier molecular flexibility index (Phi) is 5.85. The number of fused-ring (bicyclic) bond motifs is 1. The van der Waals surface area contributed by atoms with Gasteiger partial charge in [0.25, 0.3) is 0 Å². The second kappa shape index (κ2) is 7.64. The first-order chi connectivity index (χ1) is 10.2. The lowest BCUT2D eigenvalue weighted by Gasteiger charge is -2.30. The number of ether oxygens (including phenoxy) is 3. The zero-order chi connectivity index (χ0) is 15.1. The molecule has 0 radical (unpaired) electrons. The Balaban J connectivity index is 2.09. The second-order valence-corrected chi connectivity index (χ2v) is 5.62. The molecule has 1 atom stereocenters. The smallest absolute Gasteiger partial charge is 0.165 e. The van der Waals surface area contributed by atoms with E-state index in [4.69, 9.17) is 14.2 Å². The Morgan fingerprint density at radius 1 is 1.33 bits per heavy atom. The quantitative estimate of drug-likeness (QED) is 0.802. The first kappa shape index (κ1) is 16.1. The van der Waals surface area contributed by atoms with E-state index < -0.39 is 0 Å². The number of aliphatic hydroxyl groups is 1. The van der Waals surface area contributed by atoms with Crippen LogP contribution in [0.5, 0.6) is 11.5 Å². The lowest BCUT2D eigenvalue weighted by atomic mass is 9.98. The van der Waals surface area contributed by atoms with Crippen LogP contribution in [0.3, 0.4) is 0 Å². The van der Waals surface area contributed by atoms with E-state index in [1.807, 2.05) is 25.1 Å². The van der Waals surface area contributed by atoms with Gasteiger partial charge in [-0.05, 0) is 19.4 Å². The zero-order valence-corrected chi connectivity index (χ0v) is 12.9. The number of para-hydroxylation sites is 1. The summed E-state index contributed by atoms with van der Waals surface area (Å²) in [6.45, 7) is 4.73. The number of hydrogen-bond donors (Lipinski definition) is 2. The maximum Gasteiger partial charge on any atom is 0.165 e. The number of hydrogen-bond acceptors (Lipinski definition) is 5. The van der Waals surface area contributed by atoms with E-state index in [0.29, 0.717) is 32.8 Å². The lowest BCUT2D eigenvalue weighted by Crippen LogP contribution is -2.46. The van der Waals surface area contributed by atoms with Crippen molar-refractivity contribution in [3.63, 3.8) is 0 Å². The van der Waals surface area contributed by atoms with Crippen LogP contribution in [0.4, 0.5) is 0 Å². The maximum absolute atomic E-state index is 9.21. The standard InChI is InChI=1S/C16H25NO4/c1-16(7-8-18,12-19-2)17-11-13-5-3-6-14-15(13)21-10-4-9-20-14/h3,5-6,17-18H,4,7-12H2,1-2H3/t16-/m1/s1. The average Bonchev–Trinajstić information content (AvgIpc) is 2.71. The Morgan fingerprint density at radius 2 is 2.14 bits per heavy atom. The number of nitrogens with one attached hydrogen (secondary N) is 1. The van der Waals surface area contributed by atoms with Crippen molar-refractivity contribution in [2.75, 3.05) is 33.5 Å². The van der Waals surface area contributed by atoms with E-state index in [0.717, 1.165) is 23.5 Å². The summed E-state index contributed by atoms with van der Waals surface area (Å²) in [5, 5.41) is 12.7. The van der Waals surface area contributed by atoms with E-state index >= 15 is 0 Å². The first-order valence-corrected chi connectivity index (χ1v) is 7.41. The van der Waals surface area contributed by atoms with Crippen LogP contribution in [-0.4, -0.2) is 44.2 Å². The van der Waals surface area contributed by atoms with E-state index in [9.17, 15) is 5.11 Å². The highest BCUT2D eigenvalue weighted by atomic mass is 16.5. The van der Waals surface area contributed by atoms with Gasteiger partial charge in [-0.2, -0.15) is 0 Å². The summed E-state index contributed by atoms with van der Waals surface area (Å²) in [6, 6.07) is 5.95. The Bertz CT molecular complexity index is 444. The molecule has 0 saturated carbocycles. The molecule has 118 valence electrons. The van der Waals surface area contributed by atoms with Crippen LogP contribution in [0, 0.1) is 0 Å². The molecule has 2 N–H and O–H groups in total. The van der Waals surface area contributed by atoms with Gasteiger partial charge in [-0.25, -0.2) is 0 Å². The summed E-state index contributed by atoms with van der Waals surface area (Å²) in [5.41, 5.74) is 0.798. The van der Waals surface area contributed by atoms with Gasteiger partial charge in [-0.3, -0.25) is 0 Å². The maximum atomic E-state index is 9.21. The number of methoxy groups -OCH3 is 1. The third kappa shape index (κ3) is 4.33. The highest BCUT2D eigenvalue weighted by Gasteiger charge is 2.24. The first-order valence-electron chi connectivity index (χ1n) is 7.41. The molecule has 2 rings (SSSR count). The van der Waals surface area contributed by atoms with Gasteiger partial charge in [0.15, 0.2) is 11.5 Å². The summed E-state index contributed by atoms with van der Waals surface area (Å²) in [6.07, 6.45) is 1.53. The molecule has 0 unspecified atom stereocenters. The Hall–Kier alpha value is -1.30. The van der Waals surface area contributed by atoms with Crippen molar-refractivity contribution in [3.05, 3.63) is 23.8 Å². The molecule has 0 spiro atoms. The monoisotopic (exact) mass is 295 g/mol. The normalized spacial score (nSPS) is 17.1. The summed E-state index contributed by atoms with van der Waals surface area (Å²) in [5.74, 6) is 1.63. The van der Waals surface area contributed by atoms with Gasteiger partial charge in [0, 0.05) is 37.8 Å². The molecule has 0 aliphatic carbocycles. The SMILES string of the molecule is COC[C@@](C)(CCO)NCc1cccc2c1OCCCO2. The summed E-state index contributed by atoms with van der Waals surface area (Å²) >= 11 is 0. The predicted octanol–water partition coefficient (Wildman–Crippen LogP) is 1.72. The van der Waals surface area contributed by atoms with Gasteiger partial charge in [0.2, 0.25) is 0 Å². The fourth-order valence-corrected chi connectivity index (χ4v) is 2.48. The van der Waals surface area contributed by atoms with E-state index in [1.165, 1.54) is 0 Å². The minimum atomic E-state index is -0.266. The van der Waals surface area contributed by atoms with Crippen LogP contribution in [0.25, 0.3) is 0 Å². The second-order valence-electron chi connectivity index (χ2n) is 5.62. The summed E-state index contributed by atoms with van der Waals surface area (Å²) < 4.78 is 16.8. The fraction of sp³-hybridized carbons (Fsp3) is 0.625. The van der Waals surface area contributed by atoms with Crippen molar-refractivity contribution in [3.8, 4) is 11.5 Å². The number of benzene rings is 1. The molecule has 21 heavy (non-hydrogen) atoms. The van der Waals surface area contributed by atoms with Crippen LogP contribution < -0.4 is 14.8 Å². The van der Waals surface area contributed by atoms with Gasteiger partial charge in [-0.1, -0.05) is 12.1 Å². The molecular formula is C16H25NO4. The van der Waals surface area contributed by atoms with Crippen molar-refractivity contribution in [1.29, 1.82) is 0 Å². The van der Waals surface area contributed by atoms with Crippen LogP contribution in [0.1, 0.15) is 25.3 Å². The number of rotatable bonds is 7. The van der Waals surface area contributed by atoms with Crippen molar-refractivity contribution in [2.24, 2.45) is 0 Å². The molecule has 0 bridgehead atoms. The van der Waals surface area contributed by atoms with Crippen LogP contribution in [0.15, 0.2) is 18.2 Å². The van der Waals surface area contributed by atoms with Crippen LogP contribution in [0.2, 0.25) is 0 Å². The molecule has 1 aromatic carbocycles. The molecule has 5 nitrogen and oxygen atoms in total.